The van der Waals surface area contributed by atoms with Crippen LogP contribution in [-0.2, 0) is 20.3 Å². The van der Waals surface area contributed by atoms with Gasteiger partial charge in [-0.1, -0.05) is 73.3 Å². The van der Waals surface area contributed by atoms with Crippen LogP contribution >= 0.6 is 0 Å². The van der Waals surface area contributed by atoms with E-state index < -0.39 is 0 Å². The van der Waals surface area contributed by atoms with Gasteiger partial charge in [-0.25, -0.2) is 0 Å². The Morgan fingerprint density at radius 3 is 2.06 bits per heavy atom. The number of rotatable bonds is 9. The number of aryl methyl sites for hydroxylation is 1. The van der Waals surface area contributed by atoms with Crippen molar-refractivity contribution in [3.05, 3.63) is 113 Å². The van der Waals surface area contributed by atoms with E-state index >= 15 is 0 Å². The second-order valence-corrected chi connectivity index (χ2v) is 7.35. The molecule has 4 rings (SSSR count). The largest absolute Gasteiger partial charge is 0.489 e. The maximum absolute atomic E-state index is 13.1. The van der Waals surface area contributed by atoms with Crippen molar-refractivity contribution in [2.75, 3.05) is 6.61 Å². The molecular formula is C27H25NO4. The second kappa shape index (κ2) is 9.88. The average Bonchev–Trinajstić information content (AvgIpc) is 2.84. The van der Waals surface area contributed by atoms with Gasteiger partial charge in [0.25, 0.3) is 5.56 Å². The van der Waals surface area contributed by atoms with Crippen LogP contribution in [0.3, 0.4) is 0 Å². The van der Waals surface area contributed by atoms with Crippen molar-refractivity contribution in [2.45, 2.75) is 13.2 Å². The van der Waals surface area contributed by atoms with Gasteiger partial charge >= 0.3 is 0 Å². The van der Waals surface area contributed by atoms with Gasteiger partial charge in [-0.15, -0.1) is 0 Å². The molecule has 0 N–H and O–H groups in total. The summed E-state index contributed by atoms with van der Waals surface area (Å²) < 4.78 is 19.4. The van der Waals surface area contributed by atoms with Gasteiger partial charge in [0, 0.05) is 18.5 Å². The van der Waals surface area contributed by atoms with Crippen molar-refractivity contribution in [3.8, 4) is 17.2 Å². The molecule has 0 spiro atoms. The number of benzene rings is 3. The van der Waals surface area contributed by atoms with Crippen LogP contribution in [-0.4, -0.2) is 11.2 Å². The van der Waals surface area contributed by atoms with E-state index in [2.05, 4.69) is 6.58 Å². The fourth-order valence-corrected chi connectivity index (χ4v) is 3.44. The van der Waals surface area contributed by atoms with Gasteiger partial charge in [0.1, 0.15) is 25.6 Å². The average molecular weight is 428 g/mol. The zero-order valence-electron chi connectivity index (χ0n) is 18.0. The van der Waals surface area contributed by atoms with Crippen molar-refractivity contribution < 1.29 is 14.2 Å². The molecule has 32 heavy (non-hydrogen) atoms. The minimum atomic E-state index is -0.275. The molecule has 0 saturated carbocycles. The van der Waals surface area contributed by atoms with Gasteiger partial charge in [-0.2, -0.15) is 0 Å². The number of nitrogens with zero attached hydrogens (tertiary/aromatic N) is 1. The Morgan fingerprint density at radius 2 is 1.44 bits per heavy atom. The van der Waals surface area contributed by atoms with E-state index in [1.807, 2.05) is 78.9 Å². The smallest absolute Gasteiger partial charge is 0.297 e. The van der Waals surface area contributed by atoms with Gasteiger partial charge in [0.2, 0.25) is 5.75 Å². The van der Waals surface area contributed by atoms with Crippen molar-refractivity contribution in [1.82, 2.24) is 4.57 Å². The van der Waals surface area contributed by atoms with Crippen LogP contribution in [0.5, 0.6) is 17.2 Å². The monoisotopic (exact) mass is 427 g/mol. The van der Waals surface area contributed by atoms with Crippen LogP contribution < -0.4 is 19.8 Å². The van der Waals surface area contributed by atoms with Crippen molar-refractivity contribution in [1.29, 1.82) is 0 Å². The van der Waals surface area contributed by atoms with E-state index in [4.69, 9.17) is 14.2 Å². The van der Waals surface area contributed by atoms with Crippen LogP contribution in [0.25, 0.3) is 10.9 Å². The van der Waals surface area contributed by atoms with Crippen LogP contribution in [0.2, 0.25) is 0 Å². The molecule has 0 aliphatic heterocycles. The first-order valence-electron chi connectivity index (χ1n) is 10.4. The molecule has 0 unspecified atom stereocenters. The highest BCUT2D eigenvalue weighted by atomic mass is 16.5. The summed E-state index contributed by atoms with van der Waals surface area (Å²) in [6.45, 7) is 4.65. The molecule has 162 valence electrons. The molecule has 0 saturated heterocycles. The molecule has 0 amide bonds. The number of ether oxygens (including phenoxy) is 3. The Labute approximate surface area is 187 Å². The summed E-state index contributed by atoms with van der Waals surface area (Å²) in [6, 6.07) is 25.4. The quantitative estimate of drug-likeness (QED) is 0.342. The van der Waals surface area contributed by atoms with Crippen molar-refractivity contribution in [3.63, 3.8) is 0 Å². The molecule has 0 fully saturated rings. The predicted octanol–water partition coefficient (Wildman–Crippen LogP) is 5.26. The maximum Gasteiger partial charge on any atom is 0.297 e. The number of fused-ring (bicyclic) bond motifs is 1. The fraction of sp³-hybridized carbons (Fsp3) is 0.148. The summed E-state index contributed by atoms with van der Waals surface area (Å²) in [4.78, 5) is 13.1. The molecular weight excluding hydrogens is 402 g/mol. The normalized spacial score (nSPS) is 10.7. The third-order valence-corrected chi connectivity index (χ3v) is 5.10. The van der Waals surface area contributed by atoms with Crippen LogP contribution in [0.1, 0.15) is 11.1 Å². The summed E-state index contributed by atoms with van der Waals surface area (Å²) >= 11 is 0. The molecule has 0 atom stereocenters. The summed E-state index contributed by atoms with van der Waals surface area (Å²) in [6.07, 6.45) is 1.60. The Balaban J connectivity index is 1.71. The topological polar surface area (TPSA) is 49.7 Å². The molecule has 0 aliphatic rings. The van der Waals surface area contributed by atoms with Gasteiger partial charge < -0.3 is 18.8 Å². The van der Waals surface area contributed by atoms with E-state index in [1.54, 1.807) is 17.7 Å². The van der Waals surface area contributed by atoms with Crippen molar-refractivity contribution in [2.24, 2.45) is 7.05 Å². The summed E-state index contributed by atoms with van der Waals surface area (Å²) in [7, 11) is 1.72. The Morgan fingerprint density at radius 1 is 0.812 bits per heavy atom. The number of pyridine rings is 1. The molecule has 0 radical (unpaired) electrons. The number of hydrogen-bond acceptors (Lipinski definition) is 4. The predicted molar refractivity (Wildman–Crippen MR) is 126 cm³/mol. The third kappa shape index (κ3) is 4.67. The second-order valence-electron chi connectivity index (χ2n) is 7.35. The van der Waals surface area contributed by atoms with Crippen LogP contribution in [0.15, 0.2) is 96.3 Å². The molecule has 1 aromatic heterocycles. The molecule has 0 bridgehead atoms. The number of hydrogen-bond donors (Lipinski definition) is 0. The molecule has 5 nitrogen and oxygen atoms in total. The highest BCUT2D eigenvalue weighted by molar-refractivity contribution is 5.89. The SMILES string of the molecule is C=CCOc1c(OCc2ccccc2)c2ccc(OCc3ccccc3)cc2n(C)c1=O. The minimum absolute atomic E-state index is 0.175. The lowest BCUT2D eigenvalue weighted by Crippen LogP contribution is -2.21. The zero-order chi connectivity index (χ0) is 22.3. The lowest BCUT2D eigenvalue weighted by molar-refractivity contribution is 0.275. The first kappa shape index (κ1) is 21.2. The van der Waals surface area contributed by atoms with Crippen LogP contribution in [0.4, 0.5) is 0 Å². The van der Waals surface area contributed by atoms with Gasteiger partial charge in [0.15, 0.2) is 5.75 Å². The Hall–Kier alpha value is -3.99. The van der Waals surface area contributed by atoms with E-state index in [9.17, 15) is 4.79 Å². The Bertz CT molecular complexity index is 1260. The summed E-state index contributed by atoms with van der Waals surface area (Å²) in [5.41, 5.74) is 2.50. The van der Waals surface area contributed by atoms with Gasteiger partial charge in [-0.3, -0.25) is 4.79 Å². The molecule has 3 aromatic carbocycles. The Kier molecular flexibility index (Phi) is 6.56. The third-order valence-electron chi connectivity index (χ3n) is 5.10. The van der Waals surface area contributed by atoms with Gasteiger partial charge in [-0.05, 0) is 23.3 Å². The molecule has 0 aliphatic carbocycles. The van der Waals surface area contributed by atoms with Gasteiger partial charge in [0.05, 0.1) is 5.52 Å². The lowest BCUT2D eigenvalue weighted by Gasteiger charge is -2.17. The fourth-order valence-electron chi connectivity index (χ4n) is 3.44. The van der Waals surface area contributed by atoms with Crippen molar-refractivity contribution >= 4 is 10.9 Å². The maximum atomic E-state index is 13.1. The van der Waals surface area contributed by atoms with E-state index in [1.165, 1.54) is 0 Å². The van der Waals surface area contributed by atoms with E-state index in [0.29, 0.717) is 30.2 Å². The van der Waals surface area contributed by atoms with E-state index in [-0.39, 0.29) is 17.9 Å². The molecule has 4 aromatic rings. The first-order valence-corrected chi connectivity index (χ1v) is 10.4. The summed E-state index contributed by atoms with van der Waals surface area (Å²) in [5.74, 6) is 1.27. The standard InChI is InChI=1S/C27H25NO4/c1-3-16-30-26-25(32-19-21-12-8-5-9-13-21)23-15-14-22(17-24(23)28(2)27(26)29)31-18-20-10-6-4-7-11-20/h3-15,17H,1,16,18-19H2,2H3. The highest BCUT2D eigenvalue weighted by Crippen LogP contribution is 2.35. The minimum Gasteiger partial charge on any atom is -0.489 e. The first-order chi connectivity index (χ1) is 15.7. The highest BCUT2D eigenvalue weighted by Gasteiger charge is 2.19. The van der Waals surface area contributed by atoms with E-state index in [0.717, 1.165) is 16.5 Å². The molecule has 5 heteroatoms. The lowest BCUT2D eigenvalue weighted by atomic mass is 10.1. The number of aromatic nitrogens is 1. The van der Waals surface area contributed by atoms with Crippen LogP contribution in [0, 0.1) is 0 Å². The molecule has 1 heterocycles. The zero-order valence-corrected chi connectivity index (χ0v) is 18.0. The summed E-state index contributed by atoms with van der Waals surface area (Å²) in [5, 5.41) is 0.772.